The minimum Gasteiger partial charge on any atom is -0.493 e. The van der Waals surface area contributed by atoms with Gasteiger partial charge in [0.25, 0.3) is 0 Å². The summed E-state index contributed by atoms with van der Waals surface area (Å²) in [6.45, 7) is 3.40. The molecular weight excluding hydrogens is 491 g/mol. The van der Waals surface area contributed by atoms with Crippen molar-refractivity contribution in [3.05, 3.63) is 77.0 Å². The first-order chi connectivity index (χ1) is 18.2. The van der Waals surface area contributed by atoms with Gasteiger partial charge in [0.1, 0.15) is 13.0 Å². The lowest BCUT2D eigenvalue weighted by Gasteiger charge is -2.37. The number of carbonyl (C=O) groups excluding carboxylic acids is 1. The molecule has 4 rings (SSSR count). The number of fused-ring (bicyclic) bond motifs is 1. The molecule has 2 heterocycles. The zero-order valence-electron chi connectivity index (χ0n) is 21.3. The molecule has 192 valence electrons. The molecule has 1 aromatic heterocycles. The molecule has 0 fully saturated rings. The number of urea groups is 1. The Morgan fingerprint density at radius 3 is 2.32 bits per heavy atom. The van der Waals surface area contributed by atoms with Crippen molar-refractivity contribution in [3.8, 4) is 17.6 Å². The van der Waals surface area contributed by atoms with E-state index in [0.29, 0.717) is 46.8 Å². The van der Waals surface area contributed by atoms with Gasteiger partial charge in [-0.15, -0.1) is 5.98 Å². The number of ether oxygens (including phenoxy) is 2. The molecule has 0 saturated heterocycles. The van der Waals surface area contributed by atoms with Gasteiger partial charge < -0.3 is 14.9 Å². The first kappa shape index (κ1) is 26.4. The molecule has 1 aliphatic heterocycles. The van der Waals surface area contributed by atoms with E-state index in [1.807, 2.05) is 18.9 Å². The number of halogens is 2. The summed E-state index contributed by atoms with van der Waals surface area (Å²) in [4.78, 5) is 20.7. The van der Waals surface area contributed by atoms with Crippen LogP contribution in [0, 0.1) is 28.4 Å². The normalized spacial score (nSPS) is 13.1. The molecule has 1 aliphatic rings. The number of aromatic nitrogens is 1. The summed E-state index contributed by atoms with van der Waals surface area (Å²) >= 11 is 0. The minimum absolute atomic E-state index is 0.186. The number of amides is 2. The van der Waals surface area contributed by atoms with Crippen LogP contribution in [0.5, 0.6) is 11.5 Å². The lowest BCUT2D eigenvalue weighted by atomic mass is 9.79. The lowest BCUT2D eigenvalue weighted by Crippen LogP contribution is -2.46. The number of hydrogen-bond acceptors (Lipinski definition) is 6. The van der Waals surface area contributed by atoms with Crippen molar-refractivity contribution in [2.75, 3.05) is 24.0 Å². The third-order valence-corrected chi connectivity index (χ3v) is 6.12. The number of nitrogens with one attached hydrogen (secondary N) is 1. The Morgan fingerprint density at radius 2 is 1.79 bits per heavy atom. The highest BCUT2D eigenvalue weighted by molar-refractivity contribution is 6.45. The van der Waals surface area contributed by atoms with Crippen molar-refractivity contribution >= 4 is 41.7 Å². The fourth-order valence-electron chi connectivity index (χ4n) is 4.28. The summed E-state index contributed by atoms with van der Waals surface area (Å²) in [5.41, 5.74) is 2.49. The van der Waals surface area contributed by atoms with E-state index >= 15 is 8.78 Å². The second kappa shape index (κ2) is 10.7. The topological polar surface area (TPSA) is 103 Å². The Bertz CT molecular complexity index is 1470. The van der Waals surface area contributed by atoms with Crippen LogP contribution in [0.15, 0.2) is 48.6 Å². The molecule has 0 saturated carbocycles. The standard InChI is InChI=1S/C27H24BF2N5O3/c1-15(32)19(11-28-2)20-9-21-17(13-33-20)14-34(26-24(29)22(37-3)10-23(38-4)25(26)30)27(36)35(21)18-7-5-16(12-31)6-8-18/h5-11,13,28,32H,14H2,1-4H3/b19-11+,32-15?. The van der Waals surface area contributed by atoms with Gasteiger partial charge in [-0.05, 0) is 37.3 Å². The number of benzene rings is 2. The molecule has 0 atom stereocenters. The van der Waals surface area contributed by atoms with Crippen LogP contribution >= 0.6 is 0 Å². The molecule has 38 heavy (non-hydrogen) atoms. The predicted molar refractivity (Wildman–Crippen MR) is 143 cm³/mol. The second-order valence-corrected chi connectivity index (χ2v) is 8.47. The average molecular weight is 515 g/mol. The Labute approximate surface area is 219 Å². The number of nitrogens with zero attached hydrogens (tertiary/aromatic N) is 4. The van der Waals surface area contributed by atoms with Crippen LogP contribution in [0.25, 0.3) is 5.57 Å². The summed E-state index contributed by atoms with van der Waals surface area (Å²) in [7, 11) is 3.13. The number of nitriles is 1. The predicted octanol–water partition coefficient (Wildman–Crippen LogP) is 5.39. The number of allylic oxidation sites excluding steroid dienone is 1. The number of methoxy groups -OCH3 is 2. The summed E-state index contributed by atoms with van der Waals surface area (Å²) < 4.78 is 41.0. The van der Waals surface area contributed by atoms with Crippen molar-refractivity contribution < 1.29 is 23.0 Å². The van der Waals surface area contributed by atoms with Gasteiger partial charge in [-0.3, -0.25) is 14.8 Å². The van der Waals surface area contributed by atoms with Gasteiger partial charge in [-0.1, -0.05) is 6.82 Å². The van der Waals surface area contributed by atoms with Gasteiger partial charge in [0.15, 0.2) is 23.1 Å². The highest BCUT2D eigenvalue weighted by Gasteiger charge is 2.37. The van der Waals surface area contributed by atoms with Gasteiger partial charge in [-0.2, -0.15) is 5.26 Å². The molecule has 3 aromatic rings. The van der Waals surface area contributed by atoms with Gasteiger partial charge in [0, 0.05) is 29.1 Å². The largest absolute Gasteiger partial charge is 0.493 e. The quantitative estimate of drug-likeness (QED) is 0.336. The number of anilines is 3. The fraction of sp³-hybridized carbons (Fsp3) is 0.185. The minimum atomic E-state index is -1.06. The van der Waals surface area contributed by atoms with Crippen molar-refractivity contribution in [2.45, 2.75) is 20.3 Å². The third kappa shape index (κ3) is 4.56. The molecule has 11 heteroatoms. The van der Waals surface area contributed by atoms with E-state index in [1.54, 1.807) is 37.3 Å². The lowest BCUT2D eigenvalue weighted by molar-refractivity contribution is 0.251. The Balaban J connectivity index is 1.96. The molecule has 0 unspecified atom stereocenters. The molecular formula is C27H24BF2N5O3. The Hall–Kier alpha value is -4.72. The molecule has 1 N–H and O–H groups in total. The first-order valence-corrected chi connectivity index (χ1v) is 11.7. The number of pyridine rings is 1. The zero-order chi connectivity index (χ0) is 27.6. The van der Waals surface area contributed by atoms with E-state index < -0.39 is 23.4 Å². The number of carbonyl (C=O) groups is 1. The maximum absolute atomic E-state index is 15.4. The van der Waals surface area contributed by atoms with Crippen LogP contribution in [-0.4, -0.2) is 38.2 Å². The summed E-state index contributed by atoms with van der Waals surface area (Å²) in [6.07, 6.45) is 1.53. The number of hydrogen-bond donors (Lipinski definition) is 1. The summed E-state index contributed by atoms with van der Waals surface area (Å²) in [6, 6.07) is 10.3. The average Bonchev–Trinajstić information content (AvgIpc) is 2.92. The smallest absolute Gasteiger partial charge is 0.334 e. The zero-order valence-corrected chi connectivity index (χ0v) is 21.3. The SMILES string of the molecule is CB/C=C(\C(C)=N)c1cc2c(cn1)CN(c1c(F)c(OC)cc(OC)c1F)C(=O)N2c1ccc(C#N)cc1. The van der Waals surface area contributed by atoms with Crippen molar-refractivity contribution in [3.63, 3.8) is 0 Å². The van der Waals surface area contributed by atoms with Gasteiger partial charge in [0.05, 0.1) is 49.5 Å². The fourth-order valence-corrected chi connectivity index (χ4v) is 4.28. The van der Waals surface area contributed by atoms with Crippen molar-refractivity contribution in [1.82, 2.24) is 4.98 Å². The van der Waals surface area contributed by atoms with Crippen LogP contribution in [0.4, 0.5) is 30.6 Å². The molecule has 0 bridgehead atoms. The highest BCUT2D eigenvalue weighted by atomic mass is 19.1. The molecule has 2 aromatic carbocycles. The first-order valence-electron chi connectivity index (χ1n) is 11.7. The molecule has 0 aliphatic carbocycles. The van der Waals surface area contributed by atoms with Gasteiger partial charge in [0.2, 0.25) is 0 Å². The molecule has 0 radical (unpaired) electrons. The maximum Gasteiger partial charge on any atom is 0.334 e. The van der Waals surface area contributed by atoms with Gasteiger partial charge >= 0.3 is 6.03 Å². The van der Waals surface area contributed by atoms with Crippen molar-refractivity contribution in [1.29, 1.82) is 10.7 Å². The van der Waals surface area contributed by atoms with E-state index in [-0.39, 0.29) is 18.0 Å². The summed E-state index contributed by atoms with van der Waals surface area (Å²) in [5.74, 6) is -0.816. The van der Waals surface area contributed by atoms with E-state index in [1.165, 1.54) is 25.3 Å². The van der Waals surface area contributed by atoms with Crippen molar-refractivity contribution in [2.24, 2.45) is 0 Å². The van der Waals surface area contributed by atoms with E-state index in [4.69, 9.17) is 14.9 Å². The van der Waals surface area contributed by atoms with Crippen LogP contribution in [0.2, 0.25) is 6.82 Å². The van der Waals surface area contributed by atoms with Gasteiger partial charge in [-0.25, -0.2) is 13.6 Å². The highest BCUT2D eigenvalue weighted by Crippen LogP contribution is 2.43. The maximum atomic E-state index is 15.4. The molecule has 2 amide bonds. The van der Waals surface area contributed by atoms with Crippen LogP contribution < -0.4 is 19.3 Å². The third-order valence-electron chi connectivity index (χ3n) is 6.12. The van der Waals surface area contributed by atoms with Crippen LogP contribution in [0.3, 0.4) is 0 Å². The van der Waals surface area contributed by atoms with E-state index in [9.17, 15) is 10.1 Å². The Kier molecular flexibility index (Phi) is 7.44. The molecule has 8 nitrogen and oxygen atoms in total. The number of rotatable bonds is 7. The summed E-state index contributed by atoms with van der Waals surface area (Å²) in [5, 5.41) is 17.4. The van der Waals surface area contributed by atoms with Crippen LogP contribution in [0.1, 0.15) is 23.7 Å². The second-order valence-electron chi connectivity index (χ2n) is 8.47. The van der Waals surface area contributed by atoms with Crippen LogP contribution in [-0.2, 0) is 6.54 Å². The van der Waals surface area contributed by atoms with E-state index in [0.717, 1.165) is 11.0 Å². The molecule has 0 spiro atoms. The van der Waals surface area contributed by atoms with E-state index in [2.05, 4.69) is 4.98 Å². The monoisotopic (exact) mass is 515 g/mol. The Morgan fingerprint density at radius 1 is 1.16 bits per heavy atom.